The molecule has 0 bridgehead atoms. The third kappa shape index (κ3) is 4.90. The van der Waals surface area contributed by atoms with Crippen LogP contribution in [-0.4, -0.2) is 0 Å². The Morgan fingerprint density at radius 2 is 1.24 bits per heavy atom. The lowest BCUT2D eigenvalue weighted by atomic mass is 10.0. The number of nitriles is 1. The predicted molar refractivity (Wildman–Crippen MR) is 107 cm³/mol. The second-order valence-corrected chi connectivity index (χ2v) is 7.32. The summed E-state index contributed by atoms with van der Waals surface area (Å²) < 4.78 is 0. The molecule has 0 N–H and O–H groups in total. The van der Waals surface area contributed by atoms with Gasteiger partial charge in [0.2, 0.25) is 0 Å². The molecule has 0 amide bonds. The van der Waals surface area contributed by atoms with Crippen molar-refractivity contribution < 1.29 is 0 Å². The highest BCUT2D eigenvalue weighted by Crippen LogP contribution is 2.29. The third-order valence-electron chi connectivity index (χ3n) is 3.52. The van der Waals surface area contributed by atoms with Crippen molar-refractivity contribution in [2.75, 3.05) is 0 Å². The topological polar surface area (TPSA) is 23.8 Å². The molecule has 0 fully saturated rings. The summed E-state index contributed by atoms with van der Waals surface area (Å²) in [6.45, 7) is 0. The zero-order valence-corrected chi connectivity index (χ0v) is 15.4. The second kappa shape index (κ2) is 8.27. The first kappa shape index (κ1) is 17.6. The summed E-state index contributed by atoms with van der Waals surface area (Å²) in [5.41, 5.74) is 2.44. The van der Waals surface area contributed by atoms with E-state index in [2.05, 4.69) is 6.07 Å². The van der Waals surface area contributed by atoms with E-state index in [-0.39, 0.29) is 0 Å². The summed E-state index contributed by atoms with van der Waals surface area (Å²) in [5, 5.41) is 10.8. The number of nitrogens with zero attached hydrogens (tertiary/aromatic N) is 1. The Kier molecular flexibility index (Phi) is 5.83. The van der Waals surface area contributed by atoms with Gasteiger partial charge in [-0.1, -0.05) is 59.2 Å². The molecule has 3 aromatic rings. The number of halogens is 2. The molecule has 0 radical (unpaired) electrons. The molecular formula is C21H13Cl2NS. The zero-order chi connectivity index (χ0) is 17.6. The third-order valence-corrected chi connectivity index (χ3v) is 5.04. The Labute approximate surface area is 161 Å². The molecule has 0 aliphatic carbocycles. The largest absolute Gasteiger partial charge is 0.192 e. The SMILES string of the molecule is N#C/C(=C/c1ccc(Sc2ccc(Cl)cc2)cc1)c1ccc(Cl)cc1. The molecule has 0 atom stereocenters. The van der Waals surface area contributed by atoms with Crippen molar-refractivity contribution >= 4 is 46.6 Å². The zero-order valence-electron chi connectivity index (χ0n) is 13.1. The summed E-state index contributed by atoms with van der Waals surface area (Å²) in [4.78, 5) is 2.26. The fourth-order valence-electron chi connectivity index (χ4n) is 2.25. The fourth-order valence-corrected chi connectivity index (χ4v) is 3.32. The van der Waals surface area contributed by atoms with E-state index in [1.165, 1.54) is 0 Å². The molecule has 0 saturated carbocycles. The lowest BCUT2D eigenvalue weighted by Crippen LogP contribution is -1.82. The van der Waals surface area contributed by atoms with Crippen LogP contribution >= 0.6 is 35.0 Å². The Morgan fingerprint density at radius 3 is 1.76 bits per heavy atom. The van der Waals surface area contributed by atoms with E-state index in [9.17, 15) is 5.26 Å². The maximum Gasteiger partial charge on any atom is 0.0998 e. The van der Waals surface area contributed by atoms with Crippen LogP contribution in [0.2, 0.25) is 10.0 Å². The highest BCUT2D eigenvalue weighted by Gasteiger charge is 2.02. The van der Waals surface area contributed by atoms with E-state index in [1.807, 2.05) is 66.7 Å². The van der Waals surface area contributed by atoms with Crippen LogP contribution in [0.25, 0.3) is 11.6 Å². The van der Waals surface area contributed by atoms with Crippen molar-refractivity contribution in [2.45, 2.75) is 9.79 Å². The van der Waals surface area contributed by atoms with Crippen molar-refractivity contribution in [2.24, 2.45) is 0 Å². The van der Waals surface area contributed by atoms with Crippen LogP contribution in [0.5, 0.6) is 0 Å². The van der Waals surface area contributed by atoms with Crippen LogP contribution in [0.4, 0.5) is 0 Å². The first-order chi connectivity index (χ1) is 12.1. The van der Waals surface area contributed by atoms with E-state index < -0.39 is 0 Å². The molecule has 0 aromatic heterocycles. The van der Waals surface area contributed by atoms with E-state index >= 15 is 0 Å². The summed E-state index contributed by atoms with van der Waals surface area (Å²) >= 11 is 13.5. The molecule has 3 rings (SSSR count). The van der Waals surface area contributed by atoms with Gasteiger partial charge in [-0.15, -0.1) is 0 Å². The number of benzene rings is 3. The molecule has 0 spiro atoms. The highest BCUT2D eigenvalue weighted by molar-refractivity contribution is 7.99. The van der Waals surface area contributed by atoms with Gasteiger partial charge in [0.05, 0.1) is 11.6 Å². The Bertz CT molecular complexity index is 922. The quantitative estimate of drug-likeness (QED) is 0.352. The number of rotatable bonds is 4. The number of hydrogen-bond acceptors (Lipinski definition) is 2. The molecule has 0 heterocycles. The fraction of sp³-hybridized carbons (Fsp3) is 0. The smallest absolute Gasteiger partial charge is 0.0998 e. The van der Waals surface area contributed by atoms with Gasteiger partial charge in [-0.25, -0.2) is 0 Å². The number of hydrogen-bond donors (Lipinski definition) is 0. The van der Waals surface area contributed by atoms with Gasteiger partial charge in [-0.05, 0) is 65.7 Å². The standard InChI is InChI=1S/C21H13Cl2NS/c22-18-5-3-16(4-6-18)17(14-24)13-15-1-9-20(10-2-15)25-21-11-7-19(23)8-12-21/h1-13H/b17-13-. The average Bonchev–Trinajstić information content (AvgIpc) is 2.64. The Hall–Kier alpha value is -2.18. The average molecular weight is 382 g/mol. The normalized spacial score (nSPS) is 11.2. The van der Waals surface area contributed by atoms with Crippen LogP contribution in [0.3, 0.4) is 0 Å². The molecule has 0 unspecified atom stereocenters. The van der Waals surface area contributed by atoms with E-state index in [1.54, 1.807) is 23.9 Å². The van der Waals surface area contributed by atoms with Crippen molar-refractivity contribution in [1.29, 1.82) is 5.26 Å². The van der Waals surface area contributed by atoms with E-state index in [4.69, 9.17) is 23.2 Å². The summed E-state index contributed by atoms with van der Waals surface area (Å²) in [6.07, 6.45) is 1.87. The Morgan fingerprint density at radius 1 is 0.760 bits per heavy atom. The highest BCUT2D eigenvalue weighted by atomic mass is 35.5. The second-order valence-electron chi connectivity index (χ2n) is 5.30. The van der Waals surface area contributed by atoms with E-state index in [0.29, 0.717) is 10.6 Å². The first-order valence-electron chi connectivity index (χ1n) is 7.55. The summed E-state index contributed by atoms with van der Waals surface area (Å²) in [6, 6.07) is 25.4. The molecule has 1 nitrogen and oxygen atoms in total. The molecule has 0 aliphatic heterocycles. The molecule has 4 heteroatoms. The molecule has 0 aliphatic rings. The van der Waals surface area contributed by atoms with Crippen molar-refractivity contribution in [3.8, 4) is 6.07 Å². The molecule has 0 saturated heterocycles. The minimum absolute atomic E-state index is 0.606. The minimum atomic E-state index is 0.606. The van der Waals surface area contributed by atoms with Crippen molar-refractivity contribution in [3.63, 3.8) is 0 Å². The van der Waals surface area contributed by atoms with Crippen LogP contribution in [0.1, 0.15) is 11.1 Å². The van der Waals surface area contributed by atoms with Crippen molar-refractivity contribution in [1.82, 2.24) is 0 Å². The van der Waals surface area contributed by atoms with Crippen LogP contribution < -0.4 is 0 Å². The molecule has 3 aromatic carbocycles. The number of allylic oxidation sites excluding steroid dienone is 1. The van der Waals surface area contributed by atoms with Gasteiger partial charge in [0.1, 0.15) is 0 Å². The Balaban J connectivity index is 1.78. The maximum atomic E-state index is 9.42. The van der Waals surface area contributed by atoms with Gasteiger partial charge < -0.3 is 0 Å². The van der Waals surface area contributed by atoms with Crippen molar-refractivity contribution in [3.05, 3.63) is 94.0 Å². The molecular weight excluding hydrogens is 369 g/mol. The van der Waals surface area contributed by atoms with Crippen LogP contribution in [0, 0.1) is 11.3 Å². The van der Waals surface area contributed by atoms with Gasteiger partial charge >= 0.3 is 0 Å². The van der Waals surface area contributed by atoms with Crippen LogP contribution in [-0.2, 0) is 0 Å². The predicted octanol–water partition coefficient (Wildman–Crippen LogP) is 7.21. The summed E-state index contributed by atoms with van der Waals surface area (Å²) in [5.74, 6) is 0. The lowest BCUT2D eigenvalue weighted by Gasteiger charge is -2.04. The van der Waals surface area contributed by atoms with Gasteiger partial charge in [0, 0.05) is 19.8 Å². The van der Waals surface area contributed by atoms with Gasteiger partial charge in [-0.2, -0.15) is 5.26 Å². The van der Waals surface area contributed by atoms with Crippen LogP contribution in [0.15, 0.2) is 82.6 Å². The molecule has 25 heavy (non-hydrogen) atoms. The monoisotopic (exact) mass is 381 g/mol. The first-order valence-corrected chi connectivity index (χ1v) is 9.12. The summed E-state index contributed by atoms with van der Waals surface area (Å²) in [7, 11) is 0. The van der Waals surface area contributed by atoms with Gasteiger partial charge in [0.15, 0.2) is 0 Å². The lowest BCUT2D eigenvalue weighted by molar-refractivity contribution is 1.40. The van der Waals surface area contributed by atoms with Gasteiger partial charge in [0.25, 0.3) is 0 Å². The maximum absolute atomic E-state index is 9.42. The minimum Gasteiger partial charge on any atom is -0.192 e. The van der Waals surface area contributed by atoms with E-state index in [0.717, 1.165) is 25.9 Å². The van der Waals surface area contributed by atoms with Gasteiger partial charge in [-0.3, -0.25) is 0 Å². The molecule has 122 valence electrons.